The minimum absolute atomic E-state index is 0.0464. The monoisotopic (exact) mass is 300 g/mol. The predicted molar refractivity (Wildman–Crippen MR) is 87.4 cm³/mol. The standard InChI is InChI=1S/C16H20N4O2/c1-17-15(21)11-20-7-4-12-10-13(2-3-14(12)16(20)22)19-8-5-18-6-9-19/h2-4,7,10,18H,5-6,8-9,11H2,1H3,(H,17,21). The van der Waals surface area contributed by atoms with Crippen molar-refractivity contribution < 1.29 is 4.79 Å². The van der Waals surface area contributed by atoms with Crippen molar-refractivity contribution in [2.75, 3.05) is 38.1 Å². The van der Waals surface area contributed by atoms with Crippen LogP contribution in [0.25, 0.3) is 10.8 Å². The van der Waals surface area contributed by atoms with Gasteiger partial charge in [-0.2, -0.15) is 0 Å². The zero-order chi connectivity index (χ0) is 15.5. The molecule has 1 aromatic heterocycles. The first-order chi connectivity index (χ1) is 10.7. The number of pyridine rings is 1. The number of fused-ring (bicyclic) bond motifs is 1. The van der Waals surface area contributed by atoms with Gasteiger partial charge in [0, 0.05) is 50.5 Å². The van der Waals surface area contributed by atoms with Crippen LogP contribution in [0.3, 0.4) is 0 Å². The molecule has 0 radical (unpaired) electrons. The third kappa shape index (κ3) is 2.82. The van der Waals surface area contributed by atoms with Gasteiger partial charge < -0.3 is 20.1 Å². The molecule has 116 valence electrons. The van der Waals surface area contributed by atoms with Gasteiger partial charge in [-0.25, -0.2) is 0 Å². The first kappa shape index (κ1) is 14.6. The lowest BCUT2D eigenvalue weighted by Crippen LogP contribution is -2.43. The molecule has 0 unspecified atom stereocenters. The summed E-state index contributed by atoms with van der Waals surface area (Å²) in [5.41, 5.74) is 1.01. The molecule has 2 heterocycles. The number of hydrogen-bond acceptors (Lipinski definition) is 4. The van der Waals surface area contributed by atoms with Gasteiger partial charge in [-0.1, -0.05) is 0 Å². The number of nitrogens with zero attached hydrogens (tertiary/aromatic N) is 2. The molecule has 1 fully saturated rings. The zero-order valence-corrected chi connectivity index (χ0v) is 12.6. The number of likely N-dealkylation sites (N-methyl/N-ethyl adjacent to an activating group) is 1. The Bertz CT molecular complexity index is 747. The summed E-state index contributed by atoms with van der Waals surface area (Å²) in [6, 6.07) is 7.78. The van der Waals surface area contributed by atoms with E-state index in [-0.39, 0.29) is 18.0 Å². The Kier molecular flexibility index (Phi) is 4.11. The molecule has 2 N–H and O–H groups in total. The molecule has 1 amide bonds. The molecule has 1 aromatic carbocycles. The van der Waals surface area contributed by atoms with Gasteiger partial charge in [0.15, 0.2) is 0 Å². The molecule has 0 aliphatic carbocycles. The van der Waals surface area contributed by atoms with Crippen molar-refractivity contribution in [2.45, 2.75) is 6.54 Å². The van der Waals surface area contributed by atoms with Crippen LogP contribution in [0.1, 0.15) is 0 Å². The van der Waals surface area contributed by atoms with E-state index in [0.717, 1.165) is 37.3 Å². The number of piperazine rings is 1. The van der Waals surface area contributed by atoms with Crippen molar-refractivity contribution >= 4 is 22.4 Å². The van der Waals surface area contributed by atoms with E-state index in [1.165, 1.54) is 4.57 Å². The van der Waals surface area contributed by atoms with Crippen LogP contribution in [-0.4, -0.2) is 43.7 Å². The van der Waals surface area contributed by atoms with Gasteiger partial charge in [-0.05, 0) is 29.7 Å². The van der Waals surface area contributed by atoms with Gasteiger partial charge >= 0.3 is 0 Å². The lowest BCUT2D eigenvalue weighted by molar-refractivity contribution is -0.121. The maximum absolute atomic E-state index is 12.4. The lowest BCUT2D eigenvalue weighted by atomic mass is 10.1. The second kappa shape index (κ2) is 6.19. The van der Waals surface area contributed by atoms with E-state index in [9.17, 15) is 9.59 Å². The summed E-state index contributed by atoms with van der Waals surface area (Å²) in [4.78, 5) is 26.2. The predicted octanol–water partition coefficient (Wildman–Crippen LogP) is 0.157. The Hall–Kier alpha value is -2.34. The van der Waals surface area contributed by atoms with Crippen molar-refractivity contribution in [1.29, 1.82) is 0 Å². The van der Waals surface area contributed by atoms with Crippen LogP contribution in [0.15, 0.2) is 35.3 Å². The van der Waals surface area contributed by atoms with E-state index in [1.54, 1.807) is 13.2 Å². The van der Waals surface area contributed by atoms with Crippen molar-refractivity contribution in [3.05, 3.63) is 40.8 Å². The number of carbonyl (C=O) groups excluding carboxylic acids is 1. The fraction of sp³-hybridized carbons (Fsp3) is 0.375. The number of nitrogens with one attached hydrogen (secondary N) is 2. The fourth-order valence-electron chi connectivity index (χ4n) is 2.75. The largest absolute Gasteiger partial charge is 0.369 e. The van der Waals surface area contributed by atoms with Crippen LogP contribution in [0.2, 0.25) is 0 Å². The van der Waals surface area contributed by atoms with Crippen LogP contribution in [0, 0.1) is 0 Å². The third-order valence-corrected chi connectivity index (χ3v) is 4.04. The van der Waals surface area contributed by atoms with E-state index in [0.29, 0.717) is 5.39 Å². The zero-order valence-electron chi connectivity index (χ0n) is 12.6. The number of rotatable bonds is 3. The number of benzene rings is 1. The van der Waals surface area contributed by atoms with E-state index < -0.39 is 0 Å². The van der Waals surface area contributed by atoms with E-state index in [4.69, 9.17) is 0 Å². The SMILES string of the molecule is CNC(=O)Cn1ccc2cc(N3CCNCC3)ccc2c1=O. The molecule has 1 aliphatic rings. The maximum Gasteiger partial charge on any atom is 0.258 e. The van der Waals surface area contributed by atoms with Crippen molar-refractivity contribution in [2.24, 2.45) is 0 Å². The topological polar surface area (TPSA) is 66.4 Å². The highest BCUT2D eigenvalue weighted by atomic mass is 16.2. The van der Waals surface area contributed by atoms with E-state index >= 15 is 0 Å². The van der Waals surface area contributed by atoms with Crippen LogP contribution >= 0.6 is 0 Å². The van der Waals surface area contributed by atoms with Gasteiger partial charge in [0.25, 0.3) is 5.56 Å². The summed E-state index contributed by atoms with van der Waals surface area (Å²) in [5.74, 6) is -0.182. The molecule has 0 atom stereocenters. The highest BCUT2D eigenvalue weighted by molar-refractivity contribution is 5.85. The van der Waals surface area contributed by atoms with Crippen molar-refractivity contribution in [1.82, 2.24) is 15.2 Å². The summed E-state index contributed by atoms with van der Waals surface area (Å²) < 4.78 is 1.44. The van der Waals surface area contributed by atoms with Gasteiger partial charge in [0.05, 0.1) is 0 Å². The molecule has 6 heteroatoms. The van der Waals surface area contributed by atoms with Crippen LogP contribution in [0.4, 0.5) is 5.69 Å². The molecule has 2 aromatic rings. The quantitative estimate of drug-likeness (QED) is 0.847. The summed E-state index contributed by atoms with van der Waals surface area (Å²) >= 11 is 0. The smallest absolute Gasteiger partial charge is 0.258 e. The Morgan fingerprint density at radius 1 is 1.27 bits per heavy atom. The Morgan fingerprint density at radius 3 is 2.77 bits per heavy atom. The molecular weight excluding hydrogens is 280 g/mol. The number of hydrogen-bond donors (Lipinski definition) is 2. The van der Waals surface area contributed by atoms with Crippen LogP contribution < -0.4 is 21.1 Å². The summed E-state index contributed by atoms with van der Waals surface area (Å²) in [6.45, 7) is 3.95. The van der Waals surface area contributed by atoms with Crippen LogP contribution in [-0.2, 0) is 11.3 Å². The summed E-state index contributed by atoms with van der Waals surface area (Å²) in [6.07, 6.45) is 1.68. The number of amides is 1. The average molecular weight is 300 g/mol. The Morgan fingerprint density at radius 2 is 2.05 bits per heavy atom. The van der Waals surface area contributed by atoms with Gasteiger partial charge in [0.1, 0.15) is 6.54 Å². The van der Waals surface area contributed by atoms with Crippen LogP contribution in [0.5, 0.6) is 0 Å². The molecular formula is C16H20N4O2. The first-order valence-electron chi connectivity index (χ1n) is 7.48. The second-order valence-electron chi connectivity index (χ2n) is 5.43. The Balaban J connectivity index is 1.95. The molecule has 6 nitrogen and oxygen atoms in total. The lowest BCUT2D eigenvalue weighted by Gasteiger charge is -2.29. The van der Waals surface area contributed by atoms with Crippen molar-refractivity contribution in [3.63, 3.8) is 0 Å². The third-order valence-electron chi connectivity index (χ3n) is 4.04. The number of anilines is 1. The summed E-state index contributed by atoms with van der Waals surface area (Å²) in [7, 11) is 1.56. The van der Waals surface area contributed by atoms with Gasteiger partial charge in [0.2, 0.25) is 5.91 Å². The molecule has 3 rings (SSSR count). The summed E-state index contributed by atoms with van der Waals surface area (Å²) in [5, 5.41) is 7.41. The second-order valence-corrected chi connectivity index (χ2v) is 5.43. The molecule has 22 heavy (non-hydrogen) atoms. The van der Waals surface area contributed by atoms with Gasteiger partial charge in [-0.3, -0.25) is 9.59 Å². The first-order valence-corrected chi connectivity index (χ1v) is 7.48. The molecule has 1 aliphatic heterocycles. The van der Waals surface area contributed by atoms with E-state index in [1.807, 2.05) is 24.3 Å². The Labute approximate surface area is 128 Å². The number of aromatic nitrogens is 1. The fourth-order valence-corrected chi connectivity index (χ4v) is 2.75. The highest BCUT2D eigenvalue weighted by Crippen LogP contribution is 2.20. The molecule has 0 saturated carbocycles. The molecule has 0 bridgehead atoms. The minimum Gasteiger partial charge on any atom is -0.369 e. The minimum atomic E-state index is -0.182. The van der Waals surface area contributed by atoms with Crippen molar-refractivity contribution in [3.8, 4) is 0 Å². The average Bonchev–Trinajstić information content (AvgIpc) is 2.57. The number of carbonyl (C=O) groups is 1. The maximum atomic E-state index is 12.4. The molecule has 0 spiro atoms. The van der Waals surface area contributed by atoms with E-state index in [2.05, 4.69) is 15.5 Å². The normalized spacial score (nSPS) is 15.0. The molecule has 1 saturated heterocycles. The van der Waals surface area contributed by atoms with Gasteiger partial charge in [-0.15, -0.1) is 0 Å². The highest BCUT2D eigenvalue weighted by Gasteiger charge is 2.12.